The zero-order valence-electron chi connectivity index (χ0n) is 14.4. The zero-order chi connectivity index (χ0) is 17.9. The Labute approximate surface area is 149 Å². The number of carbonyl (C=O) groups is 2. The highest BCUT2D eigenvalue weighted by Crippen LogP contribution is 2.23. The van der Waals surface area contributed by atoms with Gasteiger partial charge in [-0.25, -0.2) is 8.42 Å². The molecule has 5 nitrogen and oxygen atoms in total. The molecule has 1 heterocycles. The molecule has 1 N–H and O–H groups in total. The van der Waals surface area contributed by atoms with Gasteiger partial charge in [0.25, 0.3) is 0 Å². The average molecular weight is 363 g/mol. The molecule has 6 heteroatoms. The van der Waals surface area contributed by atoms with Crippen LogP contribution in [0.5, 0.6) is 0 Å². The topological polar surface area (TPSA) is 80.3 Å². The second kappa shape index (κ2) is 7.68. The number of sulfone groups is 1. The van der Waals surface area contributed by atoms with E-state index in [-0.39, 0.29) is 42.0 Å². The Morgan fingerprint density at radius 2 is 1.84 bits per heavy atom. The lowest BCUT2D eigenvalue weighted by atomic mass is 9.89. The molecule has 1 aliphatic heterocycles. The molecule has 1 unspecified atom stereocenters. The van der Waals surface area contributed by atoms with E-state index in [0.29, 0.717) is 18.5 Å². The summed E-state index contributed by atoms with van der Waals surface area (Å²) in [6, 6.07) is 5.90. The molecule has 0 saturated carbocycles. The van der Waals surface area contributed by atoms with Gasteiger partial charge in [0.05, 0.1) is 11.5 Å². The van der Waals surface area contributed by atoms with E-state index < -0.39 is 9.84 Å². The van der Waals surface area contributed by atoms with Crippen LogP contribution in [0, 0.1) is 5.92 Å². The minimum absolute atomic E-state index is 0.00490. The molecule has 25 heavy (non-hydrogen) atoms. The molecule has 0 bridgehead atoms. The number of carbonyl (C=O) groups excluding carboxylic acids is 2. The zero-order valence-corrected chi connectivity index (χ0v) is 15.2. The summed E-state index contributed by atoms with van der Waals surface area (Å²) in [5, 5.41) is 2.76. The molecule has 1 amide bonds. The van der Waals surface area contributed by atoms with Gasteiger partial charge in [0, 0.05) is 24.9 Å². The summed E-state index contributed by atoms with van der Waals surface area (Å²) in [5.41, 5.74) is 3.30. The van der Waals surface area contributed by atoms with E-state index in [1.165, 1.54) is 24.0 Å². The Morgan fingerprint density at radius 1 is 1.08 bits per heavy atom. The quantitative estimate of drug-likeness (QED) is 0.785. The number of hydrogen-bond donors (Lipinski definition) is 1. The Kier molecular flexibility index (Phi) is 5.57. The number of hydrogen-bond acceptors (Lipinski definition) is 4. The van der Waals surface area contributed by atoms with Crippen LogP contribution in [0.1, 0.15) is 53.6 Å². The molecule has 0 aromatic heterocycles. The maximum absolute atomic E-state index is 12.3. The van der Waals surface area contributed by atoms with E-state index in [0.717, 1.165) is 12.8 Å². The standard InChI is InChI=1S/C19H25NO4S/c21-18(17-6-5-15-3-1-2-4-16(15)11-17)7-8-19(22)20-12-14-9-10-25(23,24)13-14/h5-6,11,14H,1-4,7-10,12-13H2,(H,20,22). The second-order valence-electron chi connectivity index (χ2n) is 7.19. The predicted molar refractivity (Wildman–Crippen MR) is 96.4 cm³/mol. The highest BCUT2D eigenvalue weighted by Gasteiger charge is 2.27. The third-order valence-corrected chi connectivity index (χ3v) is 7.00. The monoisotopic (exact) mass is 363 g/mol. The molecule has 1 aliphatic carbocycles. The van der Waals surface area contributed by atoms with Crippen LogP contribution < -0.4 is 5.32 Å². The first-order valence-electron chi connectivity index (χ1n) is 9.05. The van der Waals surface area contributed by atoms with E-state index in [1.807, 2.05) is 18.2 Å². The maximum Gasteiger partial charge on any atom is 0.220 e. The lowest BCUT2D eigenvalue weighted by molar-refractivity contribution is -0.121. The van der Waals surface area contributed by atoms with E-state index >= 15 is 0 Å². The first-order valence-corrected chi connectivity index (χ1v) is 10.9. The summed E-state index contributed by atoms with van der Waals surface area (Å²) in [7, 11) is -2.92. The molecule has 1 atom stereocenters. The summed E-state index contributed by atoms with van der Waals surface area (Å²) in [5.74, 6) is 0.180. The van der Waals surface area contributed by atoms with Gasteiger partial charge >= 0.3 is 0 Å². The van der Waals surface area contributed by atoms with Crippen LogP contribution in [0.3, 0.4) is 0 Å². The predicted octanol–water partition coefficient (Wildman–Crippen LogP) is 2.08. The summed E-state index contributed by atoms with van der Waals surface area (Å²) < 4.78 is 22.8. The number of amides is 1. The third kappa shape index (κ3) is 4.91. The highest BCUT2D eigenvalue weighted by molar-refractivity contribution is 7.91. The van der Waals surface area contributed by atoms with Crippen LogP contribution >= 0.6 is 0 Å². The SMILES string of the molecule is O=C(CCC(=O)c1ccc2c(c1)CCCC2)NCC1CCS(=O)(=O)C1. The fourth-order valence-corrected chi connectivity index (χ4v) is 5.52. The van der Waals surface area contributed by atoms with Crippen LogP contribution in [0.15, 0.2) is 18.2 Å². The molecule has 1 aromatic rings. The molecule has 3 rings (SSSR count). The number of rotatable bonds is 6. The molecular weight excluding hydrogens is 338 g/mol. The summed E-state index contributed by atoms with van der Waals surface area (Å²) in [4.78, 5) is 24.2. The molecule has 1 saturated heterocycles. The molecular formula is C19H25NO4S. The Balaban J connectivity index is 1.45. The van der Waals surface area contributed by atoms with Crippen molar-refractivity contribution >= 4 is 21.5 Å². The molecule has 1 aromatic carbocycles. The van der Waals surface area contributed by atoms with Crippen LogP contribution in [0.25, 0.3) is 0 Å². The van der Waals surface area contributed by atoms with Crippen LogP contribution in [-0.2, 0) is 27.5 Å². The van der Waals surface area contributed by atoms with Gasteiger partial charge in [-0.1, -0.05) is 12.1 Å². The van der Waals surface area contributed by atoms with Gasteiger partial charge in [0.2, 0.25) is 5.91 Å². The maximum atomic E-state index is 12.3. The number of aryl methyl sites for hydroxylation is 2. The fraction of sp³-hybridized carbons (Fsp3) is 0.579. The minimum atomic E-state index is -2.92. The van der Waals surface area contributed by atoms with Gasteiger partial charge in [-0.2, -0.15) is 0 Å². The van der Waals surface area contributed by atoms with Crippen molar-refractivity contribution in [2.75, 3.05) is 18.1 Å². The number of nitrogens with one attached hydrogen (secondary N) is 1. The minimum Gasteiger partial charge on any atom is -0.356 e. The van der Waals surface area contributed by atoms with Gasteiger partial charge in [-0.15, -0.1) is 0 Å². The van der Waals surface area contributed by atoms with Gasteiger partial charge in [0.15, 0.2) is 15.6 Å². The summed E-state index contributed by atoms with van der Waals surface area (Å²) in [6.07, 6.45) is 5.44. The molecule has 0 radical (unpaired) electrons. The van der Waals surface area contributed by atoms with Gasteiger partial charge in [-0.3, -0.25) is 9.59 Å². The van der Waals surface area contributed by atoms with Gasteiger partial charge < -0.3 is 5.32 Å². The smallest absolute Gasteiger partial charge is 0.220 e. The molecule has 0 spiro atoms. The largest absolute Gasteiger partial charge is 0.356 e. The molecule has 1 fully saturated rings. The van der Waals surface area contributed by atoms with Crippen molar-refractivity contribution in [1.29, 1.82) is 0 Å². The van der Waals surface area contributed by atoms with Crippen LogP contribution in [0.2, 0.25) is 0 Å². The highest BCUT2D eigenvalue weighted by atomic mass is 32.2. The third-order valence-electron chi connectivity index (χ3n) is 5.16. The number of Topliss-reactive ketones (excluding diaryl/α,β-unsaturated/α-hetero) is 1. The van der Waals surface area contributed by atoms with Crippen LogP contribution in [-0.4, -0.2) is 38.2 Å². The first kappa shape index (κ1) is 18.1. The van der Waals surface area contributed by atoms with Crippen molar-refractivity contribution in [1.82, 2.24) is 5.32 Å². The van der Waals surface area contributed by atoms with Crippen molar-refractivity contribution in [2.45, 2.75) is 44.9 Å². The number of fused-ring (bicyclic) bond motifs is 1. The Bertz CT molecular complexity index is 770. The van der Waals surface area contributed by atoms with Crippen molar-refractivity contribution in [3.8, 4) is 0 Å². The number of ketones is 1. The van der Waals surface area contributed by atoms with Crippen molar-refractivity contribution in [2.24, 2.45) is 5.92 Å². The average Bonchev–Trinajstić information content (AvgIpc) is 2.96. The lowest BCUT2D eigenvalue weighted by Crippen LogP contribution is -2.30. The summed E-state index contributed by atoms with van der Waals surface area (Å²) >= 11 is 0. The fourth-order valence-electron chi connectivity index (χ4n) is 3.66. The Hall–Kier alpha value is -1.69. The van der Waals surface area contributed by atoms with Crippen molar-refractivity contribution < 1.29 is 18.0 Å². The first-order chi connectivity index (χ1) is 11.9. The van der Waals surface area contributed by atoms with Gasteiger partial charge in [0.1, 0.15) is 0 Å². The van der Waals surface area contributed by atoms with E-state index in [4.69, 9.17) is 0 Å². The Morgan fingerprint density at radius 3 is 2.56 bits per heavy atom. The lowest BCUT2D eigenvalue weighted by Gasteiger charge is -2.16. The van der Waals surface area contributed by atoms with E-state index in [2.05, 4.69) is 5.32 Å². The number of benzene rings is 1. The van der Waals surface area contributed by atoms with Crippen molar-refractivity contribution in [3.63, 3.8) is 0 Å². The molecule has 2 aliphatic rings. The van der Waals surface area contributed by atoms with Crippen LogP contribution in [0.4, 0.5) is 0 Å². The molecule has 136 valence electrons. The normalized spacial score (nSPS) is 21.5. The van der Waals surface area contributed by atoms with Gasteiger partial charge in [-0.05, 0) is 55.2 Å². The summed E-state index contributed by atoms with van der Waals surface area (Å²) in [6.45, 7) is 0.380. The van der Waals surface area contributed by atoms with Crippen molar-refractivity contribution in [3.05, 3.63) is 34.9 Å². The second-order valence-corrected chi connectivity index (χ2v) is 9.42. The van der Waals surface area contributed by atoms with E-state index in [1.54, 1.807) is 0 Å². The van der Waals surface area contributed by atoms with E-state index in [9.17, 15) is 18.0 Å².